The number of rotatable bonds is 4. The van der Waals surface area contributed by atoms with Crippen molar-refractivity contribution in [1.82, 2.24) is 24.7 Å². The fourth-order valence-electron chi connectivity index (χ4n) is 3.59. The van der Waals surface area contributed by atoms with Crippen molar-refractivity contribution in [3.05, 3.63) is 30.4 Å². The number of hydrogen-bond donors (Lipinski definition) is 2. The molecule has 1 unspecified atom stereocenters. The fourth-order valence-corrected chi connectivity index (χ4v) is 3.59. The van der Waals surface area contributed by atoms with Crippen LogP contribution < -0.4 is 5.32 Å². The van der Waals surface area contributed by atoms with Gasteiger partial charge in [0.1, 0.15) is 6.29 Å². The highest BCUT2D eigenvalue weighted by molar-refractivity contribution is 5.74. The van der Waals surface area contributed by atoms with Gasteiger partial charge in [-0.2, -0.15) is 0 Å². The molecule has 0 aliphatic heterocycles. The fraction of sp³-hybridized carbons (Fsp3) is 0.438. The van der Waals surface area contributed by atoms with Crippen LogP contribution in [-0.4, -0.2) is 37.7 Å². The second kappa shape index (κ2) is 5.21. The summed E-state index contributed by atoms with van der Waals surface area (Å²) in [4.78, 5) is 22.8. The van der Waals surface area contributed by atoms with Gasteiger partial charge in [0.15, 0.2) is 11.3 Å². The highest BCUT2D eigenvalue weighted by Crippen LogP contribution is 2.35. The first-order valence-electron chi connectivity index (χ1n) is 7.77. The molecule has 1 saturated carbocycles. The lowest BCUT2D eigenvalue weighted by Crippen LogP contribution is -2.35. The van der Waals surface area contributed by atoms with E-state index in [1.807, 2.05) is 31.6 Å². The van der Waals surface area contributed by atoms with Crippen LogP contribution in [0.3, 0.4) is 0 Å². The van der Waals surface area contributed by atoms with E-state index in [4.69, 9.17) is 0 Å². The van der Waals surface area contributed by atoms with Crippen LogP contribution in [0, 0.1) is 0 Å². The predicted octanol–water partition coefficient (Wildman–Crippen LogP) is 2.02. The molecule has 4 rings (SSSR count). The predicted molar refractivity (Wildman–Crippen MR) is 83.9 cm³/mol. The topological polar surface area (TPSA) is 75.1 Å². The van der Waals surface area contributed by atoms with Crippen molar-refractivity contribution in [3.8, 4) is 0 Å². The van der Waals surface area contributed by atoms with Crippen LogP contribution in [0.4, 0.5) is 0 Å². The van der Waals surface area contributed by atoms with Crippen LogP contribution in [0.1, 0.15) is 37.8 Å². The molecule has 0 bridgehead atoms. The van der Waals surface area contributed by atoms with Gasteiger partial charge in [-0.15, -0.1) is 0 Å². The van der Waals surface area contributed by atoms with Crippen LogP contribution >= 0.6 is 0 Å². The number of nitrogens with one attached hydrogen (secondary N) is 2. The van der Waals surface area contributed by atoms with Gasteiger partial charge in [-0.3, -0.25) is 4.40 Å². The zero-order chi connectivity index (χ0) is 15.1. The summed E-state index contributed by atoms with van der Waals surface area (Å²) in [6.45, 7) is 1.91. The van der Waals surface area contributed by atoms with Gasteiger partial charge in [-0.25, -0.2) is 9.97 Å². The summed E-state index contributed by atoms with van der Waals surface area (Å²) in [5.41, 5.74) is 4.08. The summed E-state index contributed by atoms with van der Waals surface area (Å²) in [6, 6.07) is 2.37. The normalized spacial score (nSPS) is 23.3. The monoisotopic (exact) mass is 297 g/mol. The Balaban J connectivity index is 1.67. The number of carbonyl (C=O) groups excluding carboxylic acids is 1. The number of fused-ring (bicyclic) bond motifs is 3. The minimum Gasteiger partial charge on any atom is -0.345 e. The molecule has 22 heavy (non-hydrogen) atoms. The van der Waals surface area contributed by atoms with E-state index in [9.17, 15) is 4.79 Å². The number of carbonyl (C=O) groups is 1. The number of imidazole rings is 1. The van der Waals surface area contributed by atoms with Crippen molar-refractivity contribution in [2.45, 2.75) is 44.2 Å². The molecule has 3 atom stereocenters. The maximum Gasteiger partial charge on any atom is 0.156 e. The van der Waals surface area contributed by atoms with Gasteiger partial charge in [0, 0.05) is 30.0 Å². The minimum absolute atomic E-state index is 0.0773. The van der Waals surface area contributed by atoms with Crippen molar-refractivity contribution in [1.29, 1.82) is 0 Å². The lowest BCUT2D eigenvalue weighted by atomic mass is 10.0. The molecule has 0 radical (unpaired) electrons. The zero-order valence-corrected chi connectivity index (χ0v) is 12.5. The molecule has 1 aliphatic rings. The molecular formula is C16H19N5O. The van der Waals surface area contributed by atoms with Gasteiger partial charge in [-0.05, 0) is 32.3 Å². The van der Waals surface area contributed by atoms with E-state index in [1.54, 1.807) is 0 Å². The molecule has 3 aromatic heterocycles. The first kappa shape index (κ1) is 13.5. The Hall–Kier alpha value is -2.21. The highest BCUT2D eigenvalue weighted by Gasteiger charge is 2.29. The SMILES string of the molecule is CC(C=O)N[C@H]1CC[C@@H](c2cnc3cnc4[nH]ccc4n23)C1. The van der Waals surface area contributed by atoms with Crippen LogP contribution in [0.25, 0.3) is 16.8 Å². The van der Waals surface area contributed by atoms with E-state index in [2.05, 4.69) is 24.7 Å². The van der Waals surface area contributed by atoms with E-state index >= 15 is 0 Å². The van der Waals surface area contributed by atoms with Gasteiger partial charge >= 0.3 is 0 Å². The average Bonchev–Trinajstić information content (AvgIpc) is 3.24. The Morgan fingerprint density at radius 1 is 1.41 bits per heavy atom. The number of aromatic nitrogens is 4. The summed E-state index contributed by atoms with van der Waals surface area (Å²) in [5.74, 6) is 0.465. The summed E-state index contributed by atoms with van der Waals surface area (Å²) in [6.07, 6.45) is 9.91. The molecule has 2 N–H and O–H groups in total. The summed E-state index contributed by atoms with van der Waals surface area (Å²) in [7, 11) is 0. The summed E-state index contributed by atoms with van der Waals surface area (Å²) >= 11 is 0. The molecule has 0 amide bonds. The molecular weight excluding hydrogens is 278 g/mol. The number of H-pyrrole nitrogens is 1. The first-order chi connectivity index (χ1) is 10.8. The summed E-state index contributed by atoms with van der Waals surface area (Å²) in [5, 5.41) is 3.38. The Morgan fingerprint density at radius 3 is 3.18 bits per heavy atom. The van der Waals surface area contributed by atoms with Crippen LogP contribution in [0.15, 0.2) is 24.7 Å². The van der Waals surface area contributed by atoms with Crippen molar-refractivity contribution in [3.63, 3.8) is 0 Å². The maximum absolute atomic E-state index is 10.8. The van der Waals surface area contributed by atoms with E-state index in [0.29, 0.717) is 12.0 Å². The van der Waals surface area contributed by atoms with Crippen LogP contribution in [0.5, 0.6) is 0 Å². The van der Waals surface area contributed by atoms with Crippen molar-refractivity contribution >= 4 is 23.1 Å². The van der Waals surface area contributed by atoms with Gasteiger partial charge in [0.05, 0.1) is 17.8 Å². The van der Waals surface area contributed by atoms with E-state index in [1.165, 1.54) is 5.69 Å². The number of aldehydes is 1. The van der Waals surface area contributed by atoms with E-state index in [-0.39, 0.29) is 6.04 Å². The third-order valence-electron chi connectivity index (χ3n) is 4.62. The number of nitrogens with zero attached hydrogens (tertiary/aromatic N) is 3. The third-order valence-corrected chi connectivity index (χ3v) is 4.62. The minimum atomic E-state index is -0.0773. The first-order valence-corrected chi connectivity index (χ1v) is 7.77. The van der Waals surface area contributed by atoms with Crippen molar-refractivity contribution in [2.24, 2.45) is 0 Å². The average molecular weight is 297 g/mol. The summed E-state index contributed by atoms with van der Waals surface area (Å²) < 4.78 is 2.20. The van der Waals surface area contributed by atoms with Crippen LogP contribution in [0.2, 0.25) is 0 Å². The largest absolute Gasteiger partial charge is 0.345 e. The lowest BCUT2D eigenvalue weighted by molar-refractivity contribution is -0.109. The van der Waals surface area contributed by atoms with Crippen LogP contribution in [-0.2, 0) is 4.79 Å². The smallest absolute Gasteiger partial charge is 0.156 e. The Labute approximate surface area is 128 Å². The van der Waals surface area contributed by atoms with Crippen molar-refractivity contribution in [2.75, 3.05) is 0 Å². The number of aromatic amines is 1. The number of hydrogen-bond acceptors (Lipinski definition) is 4. The van der Waals surface area contributed by atoms with Gasteiger partial charge in [-0.1, -0.05) is 0 Å². The second-order valence-corrected chi connectivity index (χ2v) is 6.14. The molecule has 114 valence electrons. The molecule has 0 aromatic carbocycles. The van der Waals surface area contributed by atoms with Crippen molar-refractivity contribution < 1.29 is 4.79 Å². The Kier molecular flexibility index (Phi) is 3.18. The third kappa shape index (κ3) is 2.11. The molecule has 1 fully saturated rings. The zero-order valence-electron chi connectivity index (χ0n) is 12.5. The van der Waals surface area contributed by atoms with Gasteiger partial charge < -0.3 is 15.1 Å². The Bertz CT molecular complexity index is 820. The second-order valence-electron chi connectivity index (χ2n) is 6.14. The Morgan fingerprint density at radius 2 is 2.32 bits per heavy atom. The standard InChI is InChI=1S/C16H19N5O/c1-10(9-22)20-12-3-2-11(6-12)14-7-18-15-8-19-16-13(21(14)15)4-5-17-16/h4-5,7-12,17,20H,2-3,6H2,1H3/t10?,11-,12+/m1/s1. The molecule has 3 heterocycles. The highest BCUT2D eigenvalue weighted by atomic mass is 16.1. The molecule has 1 aliphatic carbocycles. The molecule has 0 spiro atoms. The van der Waals surface area contributed by atoms with Gasteiger partial charge in [0.2, 0.25) is 0 Å². The van der Waals surface area contributed by atoms with E-state index in [0.717, 1.165) is 42.4 Å². The molecule has 6 heteroatoms. The van der Waals surface area contributed by atoms with Gasteiger partial charge in [0.25, 0.3) is 0 Å². The quantitative estimate of drug-likeness (QED) is 0.723. The van der Waals surface area contributed by atoms with E-state index < -0.39 is 0 Å². The molecule has 0 saturated heterocycles. The maximum atomic E-state index is 10.8. The molecule has 3 aromatic rings. The lowest BCUT2D eigenvalue weighted by Gasteiger charge is -2.15. The molecule has 6 nitrogen and oxygen atoms in total.